The van der Waals surface area contributed by atoms with E-state index in [0.717, 1.165) is 28.3 Å². The van der Waals surface area contributed by atoms with Gasteiger partial charge in [0.1, 0.15) is 17.6 Å². The maximum Gasteiger partial charge on any atom is 0.347 e. The summed E-state index contributed by atoms with van der Waals surface area (Å²) in [4.78, 5) is 28.9. The van der Waals surface area contributed by atoms with Gasteiger partial charge in [0.2, 0.25) is 5.91 Å². The molecule has 2 heterocycles. The van der Waals surface area contributed by atoms with E-state index in [1.54, 1.807) is 24.2 Å². The van der Waals surface area contributed by atoms with Crippen LogP contribution in [0.25, 0.3) is 11.0 Å². The first-order valence-corrected chi connectivity index (χ1v) is 7.33. The molecule has 0 radical (unpaired) electrons. The molecule has 0 aliphatic rings. The highest BCUT2D eigenvalue weighted by Crippen LogP contribution is 2.14. The minimum absolute atomic E-state index is 0.0241. The molecule has 0 saturated heterocycles. The first-order valence-electron chi connectivity index (χ1n) is 6.60. The fourth-order valence-electron chi connectivity index (χ4n) is 2.06. The molecule has 1 amide bonds. The number of likely N-dealkylation sites (N-methyl/N-ethyl adjacent to an activating group) is 1. The van der Waals surface area contributed by atoms with Crippen LogP contribution in [-0.4, -0.2) is 36.2 Å². The predicted molar refractivity (Wildman–Crippen MR) is 82.4 cm³/mol. The smallest absolute Gasteiger partial charge is 0.340 e. The molecule has 7 nitrogen and oxygen atoms in total. The molecular weight excluding hydrogens is 302 g/mol. The van der Waals surface area contributed by atoms with E-state index in [1.165, 1.54) is 10.8 Å². The Morgan fingerprint density at radius 3 is 2.95 bits per heavy atom. The third kappa shape index (κ3) is 3.01. The molecule has 0 spiro atoms. The Morgan fingerprint density at radius 2 is 2.14 bits per heavy atom. The average molecular weight is 315 g/mol. The van der Waals surface area contributed by atoms with Crippen molar-refractivity contribution >= 4 is 28.7 Å². The lowest BCUT2D eigenvalue weighted by atomic mass is 10.2. The number of amides is 1. The third-order valence-corrected chi connectivity index (χ3v) is 3.81. The normalized spacial score (nSPS) is 10.8. The highest BCUT2D eigenvalue weighted by atomic mass is 32.1. The van der Waals surface area contributed by atoms with Crippen LogP contribution < -0.4 is 5.69 Å². The molecule has 1 aromatic carbocycles. The number of benzene rings is 1. The maximum atomic E-state index is 12.2. The number of rotatable bonds is 4. The van der Waals surface area contributed by atoms with Gasteiger partial charge in [-0.2, -0.15) is 8.75 Å². The van der Waals surface area contributed by atoms with Gasteiger partial charge < -0.3 is 4.90 Å². The van der Waals surface area contributed by atoms with Crippen LogP contribution in [0.15, 0.2) is 41.5 Å². The molecule has 0 saturated carbocycles. The van der Waals surface area contributed by atoms with Gasteiger partial charge >= 0.3 is 5.69 Å². The Balaban J connectivity index is 1.70. The highest BCUT2D eigenvalue weighted by molar-refractivity contribution is 7.00. The SMILES string of the molecule is CN(Cc1ccc2nsnc2c1)C(=O)Cn1cccnc1=O. The second-order valence-electron chi connectivity index (χ2n) is 4.87. The Kier molecular flexibility index (Phi) is 3.92. The van der Waals surface area contributed by atoms with Crippen LogP contribution in [0.4, 0.5) is 0 Å². The fraction of sp³-hybridized carbons (Fsp3) is 0.214. The summed E-state index contributed by atoms with van der Waals surface area (Å²) in [5.41, 5.74) is 2.21. The van der Waals surface area contributed by atoms with Gasteiger partial charge in [0.05, 0.1) is 11.7 Å². The minimum atomic E-state index is -0.431. The summed E-state index contributed by atoms with van der Waals surface area (Å²) < 4.78 is 9.61. The molecule has 0 aliphatic carbocycles. The van der Waals surface area contributed by atoms with E-state index < -0.39 is 5.69 Å². The molecular formula is C14H13N5O2S. The van der Waals surface area contributed by atoms with Gasteiger partial charge in [-0.1, -0.05) is 6.07 Å². The lowest BCUT2D eigenvalue weighted by molar-refractivity contribution is -0.131. The van der Waals surface area contributed by atoms with Crippen LogP contribution in [0.5, 0.6) is 0 Å². The second kappa shape index (κ2) is 6.02. The number of nitrogens with zero attached hydrogens (tertiary/aromatic N) is 5. The van der Waals surface area contributed by atoms with E-state index in [-0.39, 0.29) is 12.5 Å². The van der Waals surface area contributed by atoms with E-state index in [1.807, 2.05) is 18.2 Å². The van der Waals surface area contributed by atoms with Crippen molar-refractivity contribution in [3.8, 4) is 0 Å². The minimum Gasteiger partial charge on any atom is -0.340 e. The summed E-state index contributed by atoms with van der Waals surface area (Å²) in [7, 11) is 1.70. The molecule has 0 unspecified atom stereocenters. The number of hydrogen-bond acceptors (Lipinski definition) is 6. The van der Waals surface area contributed by atoms with Crippen LogP contribution in [0.3, 0.4) is 0 Å². The lowest BCUT2D eigenvalue weighted by Crippen LogP contribution is -2.34. The second-order valence-corrected chi connectivity index (χ2v) is 5.40. The van der Waals surface area contributed by atoms with Crippen LogP contribution >= 0.6 is 11.7 Å². The molecule has 22 heavy (non-hydrogen) atoms. The largest absolute Gasteiger partial charge is 0.347 e. The van der Waals surface area contributed by atoms with Gasteiger partial charge in [0, 0.05) is 26.0 Å². The van der Waals surface area contributed by atoms with Crippen LogP contribution in [0.1, 0.15) is 5.56 Å². The van der Waals surface area contributed by atoms with Gasteiger partial charge in [-0.25, -0.2) is 9.78 Å². The van der Waals surface area contributed by atoms with Crippen LogP contribution in [-0.2, 0) is 17.9 Å². The molecule has 0 atom stereocenters. The van der Waals surface area contributed by atoms with E-state index in [0.29, 0.717) is 6.54 Å². The quantitative estimate of drug-likeness (QED) is 0.715. The molecule has 8 heteroatoms. The summed E-state index contributed by atoms with van der Waals surface area (Å²) in [6, 6.07) is 7.35. The van der Waals surface area contributed by atoms with Crippen molar-refractivity contribution in [3.63, 3.8) is 0 Å². The summed E-state index contributed by atoms with van der Waals surface area (Å²) in [6.45, 7) is 0.422. The van der Waals surface area contributed by atoms with E-state index >= 15 is 0 Å². The van der Waals surface area contributed by atoms with E-state index in [2.05, 4.69) is 13.7 Å². The molecule has 3 rings (SSSR count). The Morgan fingerprint density at radius 1 is 1.32 bits per heavy atom. The van der Waals surface area contributed by atoms with Gasteiger partial charge in [0.15, 0.2) is 0 Å². The maximum absolute atomic E-state index is 12.2. The van der Waals surface area contributed by atoms with Crippen LogP contribution in [0.2, 0.25) is 0 Å². The standard InChI is InChI=1S/C14H13N5O2S/c1-18(13(20)9-19-6-2-5-15-14(19)21)8-10-3-4-11-12(7-10)17-22-16-11/h2-7H,8-9H2,1H3. The topological polar surface area (TPSA) is 81.0 Å². The number of carbonyl (C=O) groups is 1. The molecule has 0 aliphatic heterocycles. The van der Waals surface area contributed by atoms with Gasteiger partial charge in [0.25, 0.3) is 0 Å². The fourth-order valence-corrected chi connectivity index (χ4v) is 2.58. The zero-order chi connectivity index (χ0) is 15.5. The number of aromatic nitrogens is 4. The summed E-state index contributed by atoms with van der Waals surface area (Å²) in [5.74, 6) is -0.161. The van der Waals surface area contributed by atoms with Crippen molar-refractivity contribution in [2.24, 2.45) is 0 Å². The summed E-state index contributed by atoms with van der Waals surface area (Å²) >= 11 is 1.16. The molecule has 0 fully saturated rings. The number of carbonyl (C=O) groups excluding carboxylic acids is 1. The predicted octanol–water partition coefficient (Wildman–Crippen LogP) is 0.907. The van der Waals surface area contributed by atoms with E-state index in [9.17, 15) is 9.59 Å². The third-order valence-electron chi connectivity index (χ3n) is 3.25. The van der Waals surface area contributed by atoms with Crippen molar-refractivity contribution < 1.29 is 4.79 Å². The average Bonchev–Trinajstić information content (AvgIpc) is 2.97. The molecule has 112 valence electrons. The number of hydrogen-bond donors (Lipinski definition) is 0. The molecule has 0 bridgehead atoms. The first-order chi connectivity index (χ1) is 10.6. The van der Waals surface area contributed by atoms with Crippen molar-refractivity contribution in [2.45, 2.75) is 13.1 Å². The molecule has 2 aromatic heterocycles. The number of fused-ring (bicyclic) bond motifs is 1. The van der Waals surface area contributed by atoms with Gasteiger partial charge in [-0.15, -0.1) is 0 Å². The van der Waals surface area contributed by atoms with Crippen molar-refractivity contribution in [1.29, 1.82) is 0 Å². The van der Waals surface area contributed by atoms with Crippen LogP contribution in [0, 0.1) is 0 Å². The van der Waals surface area contributed by atoms with Crippen molar-refractivity contribution in [1.82, 2.24) is 23.2 Å². The lowest BCUT2D eigenvalue weighted by Gasteiger charge is -2.17. The highest BCUT2D eigenvalue weighted by Gasteiger charge is 2.11. The summed E-state index contributed by atoms with van der Waals surface area (Å²) in [6.07, 6.45) is 2.96. The zero-order valence-corrected chi connectivity index (χ0v) is 12.7. The molecule has 0 N–H and O–H groups in total. The Labute approximate surface area is 130 Å². The summed E-state index contributed by atoms with van der Waals surface area (Å²) in [5, 5.41) is 0. The molecule has 3 aromatic rings. The first kappa shape index (κ1) is 14.3. The van der Waals surface area contributed by atoms with E-state index in [4.69, 9.17) is 0 Å². The Hall–Kier alpha value is -2.61. The Bertz CT molecular complexity index is 873. The monoisotopic (exact) mass is 315 g/mol. The zero-order valence-electron chi connectivity index (χ0n) is 11.8. The van der Waals surface area contributed by atoms with Crippen molar-refractivity contribution in [3.05, 3.63) is 52.7 Å². The van der Waals surface area contributed by atoms with Gasteiger partial charge in [-0.3, -0.25) is 9.36 Å². The van der Waals surface area contributed by atoms with Gasteiger partial charge in [-0.05, 0) is 23.8 Å². The van der Waals surface area contributed by atoms with Crippen molar-refractivity contribution in [2.75, 3.05) is 7.05 Å².